The standard InChI is InChI=1S/C13H16N2O3/c1-18-12(16)8-15-13(17)10-6-9-4-2-3-5-11(9)14-7-10/h2-5,10,14H,6-8H2,1H3,(H,15,17). The van der Waals surface area contributed by atoms with Crippen LogP contribution in [0.2, 0.25) is 0 Å². The number of amides is 1. The number of nitrogens with one attached hydrogen (secondary N) is 2. The fraction of sp³-hybridized carbons (Fsp3) is 0.385. The largest absolute Gasteiger partial charge is 0.468 e. The number of para-hydroxylation sites is 1. The van der Waals surface area contributed by atoms with Crippen molar-refractivity contribution < 1.29 is 14.3 Å². The summed E-state index contributed by atoms with van der Waals surface area (Å²) in [7, 11) is 1.30. The molecule has 2 rings (SSSR count). The van der Waals surface area contributed by atoms with E-state index in [-0.39, 0.29) is 18.4 Å². The van der Waals surface area contributed by atoms with E-state index in [1.54, 1.807) is 0 Å². The van der Waals surface area contributed by atoms with Gasteiger partial charge in [0, 0.05) is 12.2 Å². The van der Waals surface area contributed by atoms with Crippen LogP contribution in [0.4, 0.5) is 5.69 Å². The van der Waals surface area contributed by atoms with Gasteiger partial charge in [-0.15, -0.1) is 0 Å². The molecular weight excluding hydrogens is 232 g/mol. The molecule has 1 amide bonds. The third-order valence-electron chi connectivity index (χ3n) is 3.03. The lowest BCUT2D eigenvalue weighted by Gasteiger charge is -2.25. The molecule has 0 fully saturated rings. The second kappa shape index (κ2) is 5.53. The van der Waals surface area contributed by atoms with Crippen molar-refractivity contribution in [2.24, 2.45) is 5.92 Å². The van der Waals surface area contributed by atoms with Gasteiger partial charge in [0.15, 0.2) is 0 Å². The summed E-state index contributed by atoms with van der Waals surface area (Å²) in [5.74, 6) is -0.709. The number of rotatable bonds is 3. The fourth-order valence-corrected chi connectivity index (χ4v) is 2.00. The van der Waals surface area contributed by atoms with Gasteiger partial charge in [-0.2, -0.15) is 0 Å². The lowest BCUT2D eigenvalue weighted by atomic mass is 9.93. The molecular formula is C13H16N2O3. The van der Waals surface area contributed by atoms with Gasteiger partial charge in [0.1, 0.15) is 6.54 Å². The molecule has 0 spiro atoms. The Morgan fingerprint density at radius 3 is 3.00 bits per heavy atom. The topological polar surface area (TPSA) is 67.4 Å². The summed E-state index contributed by atoms with van der Waals surface area (Å²) in [6, 6.07) is 7.92. The Balaban J connectivity index is 1.92. The van der Waals surface area contributed by atoms with Gasteiger partial charge in [-0.25, -0.2) is 0 Å². The van der Waals surface area contributed by atoms with Crippen molar-refractivity contribution >= 4 is 17.6 Å². The highest BCUT2D eigenvalue weighted by molar-refractivity contribution is 5.84. The van der Waals surface area contributed by atoms with Gasteiger partial charge in [0.05, 0.1) is 13.0 Å². The van der Waals surface area contributed by atoms with Crippen LogP contribution in [-0.4, -0.2) is 32.1 Å². The predicted octanol–water partition coefficient (Wildman–Crippen LogP) is 0.560. The minimum atomic E-state index is -0.437. The van der Waals surface area contributed by atoms with Crippen molar-refractivity contribution in [2.75, 3.05) is 25.5 Å². The Hall–Kier alpha value is -2.04. The van der Waals surface area contributed by atoms with E-state index in [0.29, 0.717) is 13.0 Å². The van der Waals surface area contributed by atoms with E-state index >= 15 is 0 Å². The fourth-order valence-electron chi connectivity index (χ4n) is 2.00. The SMILES string of the molecule is COC(=O)CNC(=O)C1CNc2ccccc2C1. The van der Waals surface area contributed by atoms with Crippen molar-refractivity contribution in [3.8, 4) is 0 Å². The normalized spacial score (nSPS) is 17.3. The number of fused-ring (bicyclic) bond motifs is 1. The molecule has 1 aliphatic rings. The minimum Gasteiger partial charge on any atom is -0.468 e. The van der Waals surface area contributed by atoms with E-state index in [0.717, 1.165) is 11.3 Å². The quantitative estimate of drug-likeness (QED) is 0.767. The maximum atomic E-state index is 11.9. The molecule has 1 aromatic carbocycles. The average molecular weight is 248 g/mol. The summed E-state index contributed by atoms with van der Waals surface area (Å²) >= 11 is 0. The first-order valence-electron chi connectivity index (χ1n) is 5.87. The van der Waals surface area contributed by atoms with Crippen molar-refractivity contribution in [3.05, 3.63) is 29.8 Å². The number of esters is 1. The highest BCUT2D eigenvalue weighted by Gasteiger charge is 2.24. The molecule has 1 aliphatic heterocycles. The number of ether oxygens (including phenoxy) is 1. The lowest BCUT2D eigenvalue weighted by molar-refractivity contribution is -0.141. The van der Waals surface area contributed by atoms with Gasteiger partial charge < -0.3 is 15.4 Å². The van der Waals surface area contributed by atoms with Gasteiger partial charge >= 0.3 is 5.97 Å². The first-order valence-corrected chi connectivity index (χ1v) is 5.87. The summed E-state index contributed by atoms with van der Waals surface area (Å²) < 4.78 is 4.47. The van der Waals surface area contributed by atoms with Gasteiger partial charge in [-0.1, -0.05) is 18.2 Å². The van der Waals surface area contributed by atoms with Gasteiger partial charge in [0.25, 0.3) is 0 Å². The van der Waals surface area contributed by atoms with E-state index in [2.05, 4.69) is 15.4 Å². The first-order chi connectivity index (χ1) is 8.70. The van der Waals surface area contributed by atoms with Crippen LogP contribution in [0.25, 0.3) is 0 Å². The molecule has 0 saturated heterocycles. The smallest absolute Gasteiger partial charge is 0.325 e. The van der Waals surface area contributed by atoms with Crippen LogP contribution < -0.4 is 10.6 Å². The molecule has 2 N–H and O–H groups in total. The highest BCUT2D eigenvalue weighted by atomic mass is 16.5. The molecule has 0 radical (unpaired) electrons. The van der Waals surface area contributed by atoms with Crippen molar-refractivity contribution in [2.45, 2.75) is 6.42 Å². The first kappa shape index (κ1) is 12.4. The third-order valence-corrected chi connectivity index (χ3v) is 3.03. The molecule has 96 valence electrons. The number of hydrogen-bond donors (Lipinski definition) is 2. The molecule has 1 unspecified atom stereocenters. The highest BCUT2D eigenvalue weighted by Crippen LogP contribution is 2.24. The number of carbonyl (C=O) groups is 2. The predicted molar refractivity (Wildman–Crippen MR) is 67.2 cm³/mol. The molecule has 18 heavy (non-hydrogen) atoms. The number of benzene rings is 1. The Morgan fingerprint density at radius 1 is 1.44 bits per heavy atom. The van der Waals surface area contributed by atoms with Crippen LogP contribution in [0.5, 0.6) is 0 Å². The van der Waals surface area contributed by atoms with Crippen molar-refractivity contribution in [3.63, 3.8) is 0 Å². The van der Waals surface area contributed by atoms with E-state index in [4.69, 9.17) is 0 Å². The Morgan fingerprint density at radius 2 is 2.22 bits per heavy atom. The summed E-state index contributed by atoms with van der Waals surface area (Å²) in [6.07, 6.45) is 0.691. The molecule has 5 nitrogen and oxygen atoms in total. The van der Waals surface area contributed by atoms with Crippen LogP contribution >= 0.6 is 0 Å². The number of methoxy groups -OCH3 is 1. The maximum absolute atomic E-state index is 11.9. The number of hydrogen-bond acceptors (Lipinski definition) is 4. The summed E-state index contributed by atoms with van der Waals surface area (Å²) in [6.45, 7) is 0.511. The zero-order chi connectivity index (χ0) is 13.0. The van der Waals surface area contributed by atoms with Crippen LogP contribution in [0.15, 0.2) is 24.3 Å². The van der Waals surface area contributed by atoms with Crippen LogP contribution in [-0.2, 0) is 20.7 Å². The minimum absolute atomic E-state index is 0.0759. The summed E-state index contributed by atoms with van der Waals surface area (Å²) in [4.78, 5) is 22.8. The third kappa shape index (κ3) is 2.80. The molecule has 5 heteroatoms. The number of carbonyl (C=O) groups excluding carboxylic acids is 2. The molecule has 1 atom stereocenters. The van der Waals surface area contributed by atoms with Gasteiger partial charge in [0.2, 0.25) is 5.91 Å². The van der Waals surface area contributed by atoms with E-state index in [1.165, 1.54) is 7.11 Å². The lowest BCUT2D eigenvalue weighted by Crippen LogP contribution is -2.40. The van der Waals surface area contributed by atoms with Crippen LogP contribution in [0.3, 0.4) is 0 Å². The Kier molecular flexibility index (Phi) is 3.82. The van der Waals surface area contributed by atoms with Gasteiger partial charge in [-0.3, -0.25) is 9.59 Å². The van der Waals surface area contributed by atoms with E-state index < -0.39 is 5.97 Å². The molecule has 0 aliphatic carbocycles. The van der Waals surface area contributed by atoms with E-state index in [1.807, 2.05) is 24.3 Å². The average Bonchev–Trinajstić information content (AvgIpc) is 2.43. The van der Waals surface area contributed by atoms with Crippen molar-refractivity contribution in [1.29, 1.82) is 0 Å². The zero-order valence-electron chi connectivity index (χ0n) is 10.2. The number of anilines is 1. The summed E-state index contributed by atoms with van der Waals surface area (Å²) in [5.41, 5.74) is 2.21. The summed E-state index contributed by atoms with van der Waals surface area (Å²) in [5, 5.41) is 5.80. The van der Waals surface area contributed by atoms with Crippen molar-refractivity contribution in [1.82, 2.24) is 5.32 Å². The van der Waals surface area contributed by atoms with E-state index in [9.17, 15) is 9.59 Å². The molecule has 1 aromatic rings. The molecule has 1 heterocycles. The molecule has 0 saturated carbocycles. The maximum Gasteiger partial charge on any atom is 0.325 e. The Bertz CT molecular complexity index is 459. The van der Waals surface area contributed by atoms with Gasteiger partial charge in [-0.05, 0) is 18.1 Å². The van der Waals surface area contributed by atoms with Crippen LogP contribution in [0.1, 0.15) is 5.56 Å². The molecule has 0 bridgehead atoms. The monoisotopic (exact) mass is 248 g/mol. The second-order valence-electron chi connectivity index (χ2n) is 4.23. The Labute approximate surface area is 106 Å². The van der Waals surface area contributed by atoms with Crippen LogP contribution in [0, 0.1) is 5.92 Å². The second-order valence-corrected chi connectivity index (χ2v) is 4.23. The zero-order valence-corrected chi connectivity index (χ0v) is 10.2. The molecule has 0 aromatic heterocycles.